The molecule has 3 N–H and O–H groups in total. The van der Waals surface area contributed by atoms with Gasteiger partial charge in [-0.25, -0.2) is 9.97 Å². The molecule has 1 unspecified atom stereocenters. The van der Waals surface area contributed by atoms with Crippen LogP contribution in [0.3, 0.4) is 0 Å². The highest BCUT2D eigenvalue weighted by Crippen LogP contribution is 2.39. The predicted molar refractivity (Wildman–Crippen MR) is 86.9 cm³/mol. The van der Waals surface area contributed by atoms with Gasteiger partial charge in [0.1, 0.15) is 17.5 Å². The van der Waals surface area contributed by atoms with Crippen molar-refractivity contribution in [2.45, 2.75) is 52.4 Å². The largest absolute Gasteiger partial charge is 0.396 e. The van der Waals surface area contributed by atoms with Crippen LogP contribution in [0.2, 0.25) is 0 Å². The Hall–Kier alpha value is -1.36. The van der Waals surface area contributed by atoms with Gasteiger partial charge in [-0.1, -0.05) is 13.3 Å². The van der Waals surface area contributed by atoms with E-state index in [4.69, 9.17) is 10.1 Å². The van der Waals surface area contributed by atoms with E-state index in [1.54, 1.807) is 0 Å². The Bertz CT molecular complexity index is 460. The lowest BCUT2D eigenvalue weighted by Crippen LogP contribution is -2.18. The quantitative estimate of drug-likeness (QED) is 0.653. The van der Waals surface area contributed by atoms with Crippen molar-refractivity contribution in [3.8, 4) is 0 Å². The van der Waals surface area contributed by atoms with Crippen molar-refractivity contribution >= 4 is 11.6 Å². The van der Waals surface area contributed by atoms with Crippen molar-refractivity contribution < 1.29 is 5.11 Å². The van der Waals surface area contributed by atoms with Gasteiger partial charge in [-0.2, -0.15) is 0 Å². The molecule has 5 nitrogen and oxygen atoms in total. The first kappa shape index (κ1) is 16.0. The summed E-state index contributed by atoms with van der Waals surface area (Å²) in [5, 5.41) is 15.9. The van der Waals surface area contributed by atoms with Crippen LogP contribution in [0.5, 0.6) is 0 Å². The molecule has 2 rings (SSSR count). The zero-order valence-corrected chi connectivity index (χ0v) is 13.4. The van der Waals surface area contributed by atoms with Gasteiger partial charge in [0.05, 0.1) is 0 Å². The summed E-state index contributed by atoms with van der Waals surface area (Å²) in [7, 11) is 0. The van der Waals surface area contributed by atoms with E-state index in [2.05, 4.69) is 36.4 Å². The fourth-order valence-electron chi connectivity index (χ4n) is 2.44. The van der Waals surface area contributed by atoms with Crippen LogP contribution >= 0.6 is 0 Å². The van der Waals surface area contributed by atoms with E-state index in [-0.39, 0.29) is 6.61 Å². The zero-order chi connectivity index (χ0) is 15.2. The maximum Gasteiger partial charge on any atom is 0.136 e. The molecular weight excluding hydrogens is 264 g/mol. The third-order valence-electron chi connectivity index (χ3n) is 4.12. The van der Waals surface area contributed by atoms with Crippen LogP contribution in [0.1, 0.15) is 56.8 Å². The fourth-order valence-corrected chi connectivity index (χ4v) is 2.44. The van der Waals surface area contributed by atoms with Gasteiger partial charge < -0.3 is 15.7 Å². The smallest absolute Gasteiger partial charge is 0.136 e. The molecule has 1 aromatic heterocycles. The number of nitrogens with zero attached hydrogens (tertiary/aromatic N) is 2. The fraction of sp³-hybridized carbons (Fsp3) is 0.750. The lowest BCUT2D eigenvalue weighted by molar-refractivity contribution is 0.258. The van der Waals surface area contributed by atoms with Crippen molar-refractivity contribution in [1.29, 1.82) is 0 Å². The number of hydrogen-bond acceptors (Lipinski definition) is 5. The molecule has 0 amide bonds. The highest BCUT2D eigenvalue weighted by molar-refractivity contribution is 5.57. The Morgan fingerprint density at radius 1 is 1.19 bits per heavy atom. The van der Waals surface area contributed by atoms with E-state index in [0.717, 1.165) is 49.0 Å². The van der Waals surface area contributed by atoms with Gasteiger partial charge in [0.15, 0.2) is 0 Å². The number of nitrogens with one attached hydrogen (secondary N) is 2. The van der Waals surface area contributed by atoms with Crippen molar-refractivity contribution in [1.82, 2.24) is 9.97 Å². The summed E-state index contributed by atoms with van der Waals surface area (Å²) in [6.07, 6.45) is 4.31. The van der Waals surface area contributed by atoms with E-state index in [9.17, 15) is 0 Å². The minimum absolute atomic E-state index is 0.249. The zero-order valence-electron chi connectivity index (χ0n) is 13.4. The number of hydrogen-bond donors (Lipinski definition) is 3. The number of aliphatic hydroxyl groups is 1. The Morgan fingerprint density at radius 3 is 2.38 bits per heavy atom. The summed E-state index contributed by atoms with van der Waals surface area (Å²) in [4.78, 5) is 9.38. The molecule has 0 saturated heterocycles. The minimum Gasteiger partial charge on any atom is -0.396 e. The third kappa shape index (κ3) is 4.30. The number of aromatic nitrogens is 2. The maximum atomic E-state index is 9.10. The molecular formula is C16H28N4O. The molecule has 0 radical (unpaired) electrons. The van der Waals surface area contributed by atoms with E-state index in [0.29, 0.717) is 11.8 Å². The third-order valence-corrected chi connectivity index (χ3v) is 4.12. The van der Waals surface area contributed by atoms with Crippen molar-refractivity contribution in [2.75, 3.05) is 30.3 Å². The summed E-state index contributed by atoms with van der Waals surface area (Å²) < 4.78 is 0. The van der Waals surface area contributed by atoms with Gasteiger partial charge in [-0.3, -0.25) is 0 Å². The first-order chi connectivity index (χ1) is 10.2. The minimum atomic E-state index is 0.249. The Balaban J connectivity index is 2.12. The molecule has 0 bridgehead atoms. The average molecular weight is 292 g/mol. The molecule has 1 aliphatic carbocycles. The Kier molecular flexibility index (Phi) is 5.79. The molecule has 5 heteroatoms. The summed E-state index contributed by atoms with van der Waals surface area (Å²) in [6.45, 7) is 8.27. The molecule has 21 heavy (non-hydrogen) atoms. The monoisotopic (exact) mass is 292 g/mol. The van der Waals surface area contributed by atoms with Gasteiger partial charge >= 0.3 is 0 Å². The number of anilines is 2. The van der Waals surface area contributed by atoms with E-state index in [1.807, 2.05) is 0 Å². The van der Waals surface area contributed by atoms with Crippen LogP contribution in [0, 0.1) is 12.8 Å². The Morgan fingerprint density at radius 2 is 1.86 bits per heavy atom. The van der Waals surface area contributed by atoms with Gasteiger partial charge in [0.25, 0.3) is 0 Å². The second kappa shape index (κ2) is 7.59. The van der Waals surface area contributed by atoms with Gasteiger partial charge in [-0.15, -0.1) is 0 Å². The number of aliphatic hydroxyl groups excluding tert-OH is 1. The van der Waals surface area contributed by atoms with E-state index in [1.165, 1.54) is 12.8 Å². The molecule has 1 aliphatic rings. The number of rotatable bonds is 9. The summed E-state index contributed by atoms with van der Waals surface area (Å²) in [6, 6.07) is 0. The predicted octanol–water partition coefficient (Wildman–Crippen LogP) is 2.91. The molecule has 0 aromatic carbocycles. The first-order valence-electron chi connectivity index (χ1n) is 8.16. The van der Waals surface area contributed by atoms with E-state index >= 15 is 0 Å². The maximum absolute atomic E-state index is 9.10. The van der Waals surface area contributed by atoms with Crippen LogP contribution in [0.15, 0.2) is 0 Å². The second-order valence-corrected chi connectivity index (χ2v) is 5.88. The second-order valence-electron chi connectivity index (χ2n) is 5.88. The highest BCUT2D eigenvalue weighted by Gasteiger charge is 2.28. The lowest BCUT2D eigenvalue weighted by atomic mass is 10.0. The highest BCUT2D eigenvalue weighted by atomic mass is 16.3. The molecule has 1 fully saturated rings. The summed E-state index contributed by atoms with van der Waals surface area (Å²) in [5.41, 5.74) is 1.08. The van der Waals surface area contributed by atoms with Gasteiger partial charge in [-0.05, 0) is 39.0 Å². The van der Waals surface area contributed by atoms with Crippen LogP contribution in [0.25, 0.3) is 0 Å². The molecule has 1 aromatic rings. The first-order valence-corrected chi connectivity index (χ1v) is 8.16. The normalized spacial score (nSPS) is 15.8. The van der Waals surface area contributed by atoms with Crippen LogP contribution in [0.4, 0.5) is 11.6 Å². The standard InChI is InChI=1S/C16H28N4O/c1-4-12(8-9-21)10-18-15-11(3)14(17-5-2)19-16(20-15)13-6-7-13/h12-13,21H,4-10H2,1-3H3,(H2,17,18,19,20). The van der Waals surface area contributed by atoms with Crippen LogP contribution in [-0.2, 0) is 0 Å². The van der Waals surface area contributed by atoms with Crippen molar-refractivity contribution in [3.63, 3.8) is 0 Å². The van der Waals surface area contributed by atoms with Gasteiger partial charge in [0.2, 0.25) is 0 Å². The average Bonchev–Trinajstić information content (AvgIpc) is 3.31. The molecule has 0 aliphatic heterocycles. The molecule has 1 saturated carbocycles. The SMILES string of the molecule is CCNc1nc(C2CC2)nc(NCC(CC)CCO)c1C. The lowest BCUT2D eigenvalue weighted by Gasteiger charge is -2.18. The Labute approximate surface area is 127 Å². The molecule has 0 spiro atoms. The van der Waals surface area contributed by atoms with Crippen molar-refractivity contribution in [3.05, 3.63) is 11.4 Å². The molecule has 118 valence electrons. The van der Waals surface area contributed by atoms with E-state index < -0.39 is 0 Å². The van der Waals surface area contributed by atoms with Crippen LogP contribution < -0.4 is 10.6 Å². The van der Waals surface area contributed by atoms with Crippen molar-refractivity contribution in [2.24, 2.45) is 5.92 Å². The summed E-state index contributed by atoms with van der Waals surface area (Å²) >= 11 is 0. The molecule has 1 heterocycles. The van der Waals surface area contributed by atoms with Gasteiger partial charge in [0, 0.05) is 31.2 Å². The summed E-state index contributed by atoms with van der Waals surface area (Å²) in [5.74, 6) is 3.89. The van der Waals surface area contributed by atoms with Crippen LogP contribution in [-0.4, -0.2) is 34.8 Å². The molecule has 1 atom stereocenters. The topological polar surface area (TPSA) is 70.1 Å².